The summed E-state index contributed by atoms with van der Waals surface area (Å²) in [6.07, 6.45) is 1.61. The molecular weight excluding hydrogens is 439 g/mol. The molecule has 2 aliphatic heterocycles. The molecule has 2 aromatic rings. The molecule has 1 fully saturated rings. The summed E-state index contributed by atoms with van der Waals surface area (Å²) in [4.78, 5) is 39.7. The van der Waals surface area contributed by atoms with Crippen LogP contribution < -0.4 is 10.7 Å². The minimum atomic E-state index is -1.66. The van der Waals surface area contributed by atoms with E-state index in [1.807, 2.05) is 0 Å². The summed E-state index contributed by atoms with van der Waals surface area (Å²) in [5.41, 5.74) is -3.53. The van der Waals surface area contributed by atoms with Crippen molar-refractivity contribution in [3.8, 4) is 5.75 Å². The molecular formula is C23H24F3N3O4. The summed E-state index contributed by atoms with van der Waals surface area (Å²) in [5, 5.41) is 12.8. The molecule has 1 aromatic carbocycles. The van der Waals surface area contributed by atoms with E-state index in [9.17, 15) is 28.3 Å². The van der Waals surface area contributed by atoms with E-state index in [1.54, 1.807) is 6.92 Å². The third kappa shape index (κ3) is 3.77. The first kappa shape index (κ1) is 22.9. The lowest BCUT2D eigenvalue weighted by atomic mass is 9.94. The number of rotatable bonds is 3. The fourth-order valence-corrected chi connectivity index (χ4v) is 4.52. The largest absolute Gasteiger partial charge is 0.503 e. The summed E-state index contributed by atoms with van der Waals surface area (Å²) in [6.45, 7) is 4.15. The van der Waals surface area contributed by atoms with Crippen molar-refractivity contribution in [2.45, 2.75) is 57.9 Å². The van der Waals surface area contributed by atoms with Crippen LogP contribution in [0.25, 0.3) is 0 Å². The first-order valence-electron chi connectivity index (χ1n) is 10.6. The van der Waals surface area contributed by atoms with Crippen LogP contribution in [0.2, 0.25) is 0 Å². The molecule has 0 saturated carbocycles. The van der Waals surface area contributed by atoms with E-state index in [0.29, 0.717) is 12.0 Å². The van der Waals surface area contributed by atoms with Gasteiger partial charge in [-0.2, -0.15) is 0 Å². The monoisotopic (exact) mass is 463 g/mol. The highest BCUT2D eigenvalue weighted by Gasteiger charge is 2.46. The van der Waals surface area contributed by atoms with Crippen molar-refractivity contribution in [3.63, 3.8) is 0 Å². The molecule has 1 saturated heterocycles. The van der Waals surface area contributed by atoms with Gasteiger partial charge in [0.1, 0.15) is 22.9 Å². The van der Waals surface area contributed by atoms with Gasteiger partial charge in [-0.1, -0.05) is 0 Å². The predicted octanol–water partition coefficient (Wildman–Crippen LogP) is 2.98. The average molecular weight is 463 g/mol. The van der Waals surface area contributed by atoms with E-state index in [-0.39, 0.29) is 24.2 Å². The molecule has 2 aliphatic rings. The van der Waals surface area contributed by atoms with Crippen LogP contribution in [0.3, 0.4) is 0 Å². The number of nitrogens with one attached hydrogen (secondary N) is 1. The van der Waals surface area contributed by atoms with Gasteiger partial charge in [0.05, 0.1) is 12.1 Å². The van der Waals surface area contributed by atoms with Gasteiger partial charge >= 0.3 is 0 Å². The first-order valence-corrected chi connectivity index (χ1v) is 10.6. The normalized spacial score (nSPS) is 24.3. The van der Waals surface area contributed by atoms with E-state index in [2.05, 4.69) is 5.32 Å². The summed E-state index contributed by atoms with van der Waals surface area (Å²) < 4.78 is 44.5. The fourth-order valence-electron chi connectivity index (χ4n) is 4.52. The molecule has 1 unspecified atom stereocenters. The quantitative estimate of drug-likeness (QED) is 0.732. The van der Waals surface area contributed by atoms with Crippen LogP contribution in [-0.2, 0) is 6.54 Å². The second kappa shape index (κ2) is 7.93. The second-order valence-corrected chi connectivity index (χ2v) is 8.97. The van der Waals surface area contributed by atoms with Gasteiger partial charge in [-0.05, 0) is 51.3 Å². The van der Waals surface area contributed by atoms with Gasteiger partial charge in [0.25, 0.3) is 11.8 Å². The number of aromatic nitrogens is 1. The molecule has 10 heteroatoms. The maximum Gasteiger partial charge on any atom is 0.274 e. The van der Waals surface area contributed by atoms with Crippen molar-refractivity contribution < 1.29 is 27.9 Å². The van der Waals surface area contributed by atoms with Gasteiger partial charge < -0.3 is 19.9 Å². The molecule has 0 radical (unpaired) electrons. The van der Waals surface area contributed by atoms with Crippen LogP contribution in [0, 0.1) is 18.6 Å². The molecule has 0 aliphatic carbocycles. The Morgan fingerprint density at radius 3 is 2.55 bits per heavy atom. The third-order valence-electron chi connectivity index (χ3n) is 6.74. The number of halogens is 3. The Kier molecular flexibility index (Phi) is 5.50. The smallest absolute Gasteiger partial charge is 0.274 e. The number of benzene rings is 1. The van der Waals surface area contributed by atoms with Crippen molar-refractivity contribution in [3.05, 3.63) is 62.6 Å². The molecule has 0 spiro atoms. The zero-order chi connectivity index (χ0) is 24.2. The molecule has 3 heterocycles. The van der Waals surface area contributed by atoms with Crippen molar-refractivity contribution in [2.75, 3.05) is 6.54 Å². The fraction of sp³-hybridized carbons (Fsp3) is 0.435. The topological polar surface area (TPSA) is 91.6 Å². The summed E-state index contributed by atoms with van der Waals surface area (Å²) in [5.74, 6) is -4.26. The number of fused-ring (bicyclic) bond motifs is 4. The number of hydrogen-bond donors (Lipinski definition) is 2. The molecule has 7 nitrogen and oxygen atoms in total. The van der Waals surface area contributed by atoms with Crippen molar-refractivity contribution >= 4 is 11.8 Å². The minimum Gasteiger partial charge on any atom is -0.503 e. The zero-order valence-corrected chi connectivity index (χ0v) is 18.4. The number of carbonyl (C=O) groups is 2. The van der Waals surface area contributed by atoms with Crippen LogP contribution in [0.15, 0.2) is 23.1 Å². The standard InChI is InChI=1S/C23H24F3N3O4/c1-11-6-16(24)14(17(25)7-11)8-27-21(32)15-10-29-13-4-5-23(3,26)12(2)28(9-13)22(33)18(29)20(31)19(15)30/h6-7,10,12-13,31H,4-5,8-9H2,1-3H3,(H,27,32)/t12-,13-,23?/m0/s1. The predicted molar refractivity (Wildman–Crippen MR) is 113 cm³/mol. The van der Waals surface area contributed by atoms with Crippen LogP contribution in [0.1, 0.15) is 64.7 Å². The Bertz CT molecular complexity index is 1200. The van der Waals surface area contributed by atoms with Gasteiger partial charge in [-0.25, -0.2) is 13.2 Å². The molecule has 2 amide bonds. The number of nitrogens with zero attached hydrogens (tertiary/aromatic N) is 2. The number of carbonyl (C=O) groups excluding carboxylic acids is 2. The second-order valence-electron chi connectivity index (χ2n) is 8.97. The van der Waals surface area contributed by atoms with E-state index in [4.69, 9.17) is 0 Å². The maximum absolute atomic E-state index is 15.0. The summed E-state index contributed by atoms with van der Waals surface area (Å²) in [6, 6.07) is 1.02. The van der Waals surface area contributed by atoms with Crippen LogP contribution >= 0.6 is 0 Å². The zero-order valence-electron chi connectivity index (χ0n) is 18.4. The number of alkyl halides is 1. The molecule has 4 rings (SSSR count). The number of amides is 2. The SMILES string of the molecule is Cc1cc(F)c(CNC(=O)c2cn3c(c(O)c2=O)C(=O)N2C[C@@H]3CCC(C)(F)[C@@H]2C)c(F)c1. The van der Waals surface area contributed by atoms with Crippen molar-refractivity contribution in [1.82, 2.24) is 14.8 Å². The Labute approximate surface area is 187 Å². The Balaban J connectivity index is 1.69. The van der Waals surface area contributed by atoms with E-state index >= 15 is 4.39 Å². The highest BCUT2D eigenvalue weighted by atomic mass is 19.1. The molecule has 2 bridgehead atoms. The molecule has 176 valence electrons. The molecule has 2 N–H and O–H groups in total. The van der Waals surface area contributed by atoms with Gasteiger partial charge in [0, 0.05) is 24.8 Å². The summed E-state index contributed by atoms with van der Waals surface area (Å²) in [7, 11) is 0. The number of aryl methyl sites for hydroxylation is 1. The Morgan fingerprint density at radius 1 is 1.27 bits per heavy atom. The van der Waals surface area contributed by atoms with E-state index < -0.39 is 64.5 Å². The van der Waals surface area contributed by atoms with Gasteiger partial charge in [-0.15, -0.1) is 0 Å². The average Bonchev–Trinajstić information content (AvgIpc) is 2.83. The highest BCUT2D eigenvalue weighted by molar-refractivity contribution is 5.99. The number of hydrogen-bond acceptors (Lipinski definition) is 4. The lowest BCUT2D eigenvalue weighted by molar-refractivity contribution is 0.0340. The van der Waals surface area contributed by atoms with Gasteiger partial charge in [-0.3, -0.25) is 14.4 Å². The van der Waals surface area contributed by atoms with Gasteiger partial charge in [0.15, 0.2) is 11.4 Å². The summed E-state index contributed by atoms with van der Waals surface area (Å²) >= 11 is 0. The third-order valence-corrected chi connectivity index (χ3v) is 6.74. The van der Waals surface area contributed by atoms with Gasteiger partial charge in [0.2, 0.25) is 5.43 Å². The number of pyridine rings is 1. The van der Waals surface area contributed by atoms with Crippen LogP contribution in [0.4, 0.5) is 13.2 Å². The van der Waals surface area contributed by atoms with Crippen molar-refractivity contribution in [2.24, 2.45) is 0 Å². The van der Waals surface area contributed by atoms with Crippen molar-refractivity contribution in [1.29, 1.82) is 0 Å². The van der Waals surface area contributed by atoms with Crippen LogP contribution in [-0.4, -0.2) is 44.6 Å². The Morgan fingerprint density at radius 2 is 1.91 bits per heavy atom. The molecule has 33 heavy (non-hydrogen) atoms. The Hall–Kier alpha value is -3.30. The highest BCUT2D eigenvalue weighted by Crippen LogP contribution is 2.39. The molecule has 3 atom stereocenters. The van der Waals surface area contributed by atoms with Crippen LogP contribution in [0.5, 0.6) is 5.75 Å². The lowest BCUT2D eigenvalue weighted by Crippen LogP contribution is -2.52. The minimum absolute atomic E-state index is 0.141. The molecule has 1 aromatic heterocycles. The van der Waals surface area contributed by atoms with E-state index in [1.165, 1.54) is 23.3 Å². The van der Waals surface area contributed by atoms with E-state index in [0.717, 1.165) is 18.3 Å². The number of aromatic hydroxyl groups is 1. The lowest BCUT2D eigenvalue weighted by Gasteiger charge is -2.39. The first-order chi connectivity index (χ1) is 15.4. The maximum atomic E-state index is 15.0.